The van der Waals surface area contributed by atoms with Crippen molar-refractivity contribution in [3.05, 3.63) is 0 Å². The molecule has 0 bridgehead atoms. The van der Waals surface area contributed by atoms with Crippen molar-refractivity contribution in [1.82, 2.24) is 21.1 Å². The lowest BCUT2D eigenvalue weighted by atomic mass is 10.0. The van der Waals surface area contributed by atoms with E-state index in [1.54, 1.807) is 34.6 Å². The van der Waals surface area contributed by atoms with E-state index in [4.69, 9.17) is 44.3 Å². The smallest absolute Gasteiger partial charge is 0.408 e. The molecule has 0 aromatic rings. The van der Waals surface area contributed by atoms with Gasteiger partial charge in [-0.15, -0.1) is 0 Å². The zero-order valence-electron chi connectivity index (χ0n) is 20.0. The third-order valence-electron chi connectivity index (χ3n) is 5.24. The Morgan fingerprint density at radius 1 is 1.15 bits per heavy atom. The number of nitrogens with one attached hydrogen (secondary N) is 3. The molecule has 1 aliphatic heterocycles. The van der Waals surface area contributed by atoms with Crippen LogP contribution in [0, 0.1) is 5.92 Å². The van der Waals surface area contributed by atoms with Crippen LogP contribution < -0.4 is 16.1 Å². The van der Waals surface area contributed by atoms with Crippen LogP contribution in [0.1, 0.15) is 60.3 Å². The summed E-state index contributed by atoms with van der Waals surface area (Å²) in [4.78, 5) is 50.7. The van der Waals surface area contributed by atoms with Crippen LogP contribution in [0.15, 0.2) is 0 Å². The molecule has 2 aliphatic rings. The molecule has 2 fully saturated rings. The first-order valence-electron chi connectivity index (χ1n) is 11.2. The second-order valence-electron chi connectivity index (χ2n) is 9.94. The molecule has 0 unspecified atom stereocenters. The fraction of sp³-hybridized carbons (Fsp3) is 0.810. The second-order valence-corrected chi connectivity index (χ2v) is 12.5. The molecule has 3 amide bonds. The van der Waals surface area contributed by atoms with Gasteiger partial charge in [-0.05, 0) is 52.4 Å². The largest absolute Gasteiger partial charge is 0.460 e. The van der Waals surface area contributed by atoms with Crippen LogP contribution in [-0.4, -0.2) is 69.1 Å². The highest BCUT2D eigenvalue weighted by molar-refractivity contribution is 6.67. The minimum atomic E-state index is -1.73. The van der Waals surface area contributed by atoms with Crippen molar-refractivity contribution in [3.63, 3.8) is 0 Å². The van der Waals surface area contributed by atoms with Crippen LogP contribution in [0.25, 0.3) is 0 Å². The maximum atomic E-state index is 13.2. The van der Waals surface area contributed by atoms with Crippen molar-refractivity contribution in [1.29, 1.82) is 0 Å². The van der Waals surface area contributed by atoms with Gasteiger partial charge in [0.05, 0.1) is 0 Å². The lowest BCUT2D eigenvalue weighted by Crippen LogP contribution is -2.62. The number of alkyl carbamates (subject to hydrolysis) is 1. The van der Waals surface area contributed by atoms with Gasteiger partial charge < -0.3 is 20.1 Å². The Balaban J connectivity index is 1.99. The van der Waals surface area contributed by atoms with Gasteiger partial charge in [0, 0.05) is 6.54 Å². The van der Waals surface area contributed by atoms with Gasteiger partial charge in [0.1, 0.15) is 29.8 Å². The van der Waals surface area contributed by atoms with E-state index < -0.39 is 51.6 Å². The van der Waals surface area contributed by atoms with Gasteiger partial charge in [0.25, 0.3) is 5.91 Å². The summed E-state index contributed by atoms with van der Waals surface area (Å²) in [6, 6.07) is -1.67. The normalized spacial score (nSPS) is 20.9. The molecule has 34 heavy (non-hydrogen) atoms. The van der Waals surface area contributed by atoms with Gasteiger partial charge in [-0.1, -0.05) is 48.7 Å². The van der Waals surface area contributed by atoms with E-state index in [0.29, 0.717) is 32.2 Å². The van der Waals surface area contributed by atoms with E-state index >= 15 is 0 Å². The molecule has 2 atom stereocenters. The number of carbonyl (C=O) groups is 4. The number of alkyl halides is 3. The SMILES string of the molecule is CC(C)[C@H](NC(=O)OC(C)(C)C)C(=O)NC1(C(=O)N2CCC[C@@H](C(=O)OCC(Cl)(Cl)Cl)N2)CC1. The van der Waals surface area contributed by atoms with Crippen LogP contribution in [0.5, 0.6) is 0 Å². The fourth-order valence-corrected chi connectivity index (χ4v) is 3.58. The van der Waals surface area contributed by atoms with E-state index in [9.17, 15) is 19.2 Å². The highest BCUT2D eigenvalue weighted by Gasteiger charge is 2.54. The Morgan fingerprint density at radius 3 is 2.26 bits per heavy atom. The molecule has 13 heteroatoms. The first-order valence-corrected chi connectivity index (χ1v) is 12.3. The molecule has 194 valence electrons. The number of carbonyl (C=O) groups excluding carboxylic acids is 4. The molecule has 1 heterocycles. The highest BCUT2D eigenvalue weighted by Crippen LogP contribution is 2.38. The molecule has 0 aromatic heterocycles. The molecule has 1 saturated carbocycles. The second kappa shape index (κ2) is 11.1. The highest BCUT2D eigenvalue weighted by atomic mass is 35.6. The van der Waals surface area contributed by atoms with Crippen LogP contribution in [0.3, 0.4) is 0 Å². The van der Waals surface area contributed by atoms with E-state index in [1.165, 1.54) is 5.01 Å². The number of esters is 1. The maximum absolute atomic E-state index is 13.2. The van der Waals surface area contributed by atoms with Gasteiger partial charge >= 0.3 is 12.1 Å². The molecule has 3 N–H and O–H groups in total. The minimum absolute atomic E-state index is 0.247. The molecule has 10 nitrogen and oxygen atoms in total. The molecule has 2 rings (SSSR count). The van der Waals surface area contributed by atoms with Crippen molar-refractivity contribution < 1.29 is 28.7 Å². The van der Waals surface area contributed by atoms with Gasteiger partial charge in [0.2, 0.25) is 9.70 Å². The van der Waals surface area contributed by atoms with Crippen molar-refractivity contribution in [2.45, 2.75) is 87.3 Å². The summed E-state index contributed by atoms with van der Waals surface area (Å²) in [6.45, 7) is 8.67. The Kier molecular flexibility index (Phi) is 9.35. The topological polar surface area (TPSA) is 126 Å². The predicted octanol–water partition coefficient (Wildman–Crippen LogP) is 2.59. The number of amides is 3. The van der Waals surface area contributed by atoms with Crippen molar-refractivity contribution in [2.75, 3.05) is 13.2 Å². The summed E-state index contributed by atoms with van der Waals surface area (Å²) in [5.41, 5.74) is 1.04. The number of hydrogen-bond donors (Lipinski definition) is 3. The number of nitrogens with zero attached hydrogens (tertiary/aromatic N) is 1. The third-order valence-corrected chi connectivity index (χ3v) is 5.56. The van der Waals surface area contributed by atoms with E-state index in [-0.39, 0.29) is 11.8 Å². The third kappa shape index (κ3) is 8.62. The average molecular weight is 544 g/mol. The van der Waals surface area contributed by atoms with Crippen LogP contribution >= 0.6 is 34.8 Å². The molecule has 0 spiro atoms. The van der Waals surface area contributed by atoms with E-state index in [1.807, 2.05) is 0 Å². The maximum Gasteiger partial charge on any atom is 0.408 e. The quantitative estimate of drug-likeness (QED) is 0.333. The van der Waals surface area contributed by atoms with Crippen molar-refractivity contribution in [3.8, 4) is 0 Å². The van der Waals surface area contributed by atoms with E-state index in [2.05, 4.69) is 16.1 Å². The van der Waals surface area contributed by atoms with Gasteiger partial charge in [-0.25, -0.2) is 10.2 Å². The van der Waals surface area contributed by atoms with Crippen LogP contribution in [0.2, 0.25) is 0 Å². The Morgan fingerprint density at radius 2 is 1.76 bits per heavy atom. The summed E-state index contributed by atoms with van der Waals surface area (Å²) in [5.74, 6) is -1.73. The monoisotopic (exact) mass is 542 g/mol. The summed E-state index contributed by atoms with van der Waals surface area (Å²) < 4.78 is 8.53. The number of rotatable bonds is 7. The molecular weight excluding hydrogens is 511 g/mol. The number of ether oxygens (including phenoxy) is 2. The molecular formula is C21H33Cl3N4O6. The Hall–Kier alpha value is -1.49. The van der Waals surface area contributed by atoms with Gasteiger partial charge in [-0.2, -0.15) is 0 Å². The lowest BCUT2D eigenvalue weighted by molar-refractivity contribution is -0.153. The molecule has 1 saturated heterocycles. The standard InChI is InChI=1S/C21H33Cl3N4O6/c1-12(2)14(25-18(32)34-19(3,4)5)15(29)26-20(8-9-20)17(31)28-10-6-7-13(27-28)16(30)33-11-21(22,23)24/h12-14,27H,6-11H2,1-5H3,(H,25,32)(H,26,29)/t13-,14-/m0/s1. The predicted molar refractivity (Wildman–Crippen MR) is 127 cm³/mol. The lowest BCUT2D eigenvalue weighted by Gasteiger charge is -2.35. The molecule has 0 radical (unpaired) electrons. The Bertz CT molecular complexity index is 792. The number of halogens is 3. The Labute approximate surface area is 214 Å². The summed E-state index contributed by atoms with van der Waals surface area (Å²) in [5, 5.41) is 6.70. The minimum Gasteiger partial charge on any atom is -0.460 e. The number of hydrogen-bond acceptors (Lipinski definition) is 7. The van der Waals surface area contributed by atoms with Gasteiger partial charge in [0.15, 0.2) is 0 Å². The first kappa shape index (κ1) is 28.7. The molecule has 1 aliphatic carbocycles. The van der Waals surface area contributed by atoms with Crippen molar-refractivity contribution >= 4 is 58.7 Å². The molecule has 0 aromatic carbocycles. The summed E-state index contributed by atoms with van der Waals surface area (Å²) in [6.07, 6.45) is 1.15. The van der Waals surface area contributed by atoms with Crippen LogP contribution in [-0.2, 0) is 23.9 Å². The zero-order valence-corrected chi connectivity index (χ0v) is 22.3. The summed E-state index contributed by atoms with van der Waals surface area (Å²) in [7, 11) is 0. The first-order chi connectivity index (χ1) is 15.5. The van der Waals surface area contributed by atoms with Crippen molar-refractivity contribution in [2.24, 2.45) is 5.92 Å². The van der Waals surface area contributed by atoms with E-state index in [0.717, 1.165) is 0 Å². The zero-order chi connectivity index (χ0) is 25.9. The average Bonchev–Trinajstić information content (AvgIpc) is 3.48. The number of hydrazine groups is 1. The fourth-order valence-electron chi connectivity index (χ4n) is 3.41. The van der Waals surface area contributed by atoms with Crippen LogP contribution in [0.4, 0.5) is 4.79 Å². The summed E-state index contributed by atoms with van der Waals surface area (Å²) >= 11 is 16.9. The van der Waals surface area contributed by atoms with Gasteiger partial charge in [-0.3, -0.25) is 19.4 Å².